The Morgan fingerprint density at radius 2 is 1.62 bits per heavy atom. The van der Waals surface area contributed by atoms with E-state index >= 15 is 0 Å². The number of rotatable bonds is 1. The topological polar surface area (TPSA) is 6.48 Å². The normalized spacial score (nSPS) is 28.7. The summed E-state index contributed by atoms with van der Waals surface area (Å²) < 4.78 is 0. The zero-order valence-electron chi connectivity index (χ0n) is 8.71. The van der Waals surface area contributed by atoms with Crippen molar-refractivity contribution in [1.29, 1.82) is 0 Å². The van der Waals surface area contributed by atoms with E-state index in [-0.39, 0.29) is 0 Å². The lowest BCUT2D eigenvalue weighted by Gasteiger charge is -2.39. The lowest BCUT2D eigenvalue weighted by molar-refractivity contribution is 0.105. The van der Waals surface area contributed by atoms with Crippen LogP contribution in [0.1, 0.15) is 12.8 Å². The first-order chi connectivity index (χ1) is 6.36. The highest BCUT2D eigenvalue weighted by atomic mass is 15.3. The standard InChI is InChI=1S/C10H20BN2/c1-12-6-8-13(9-7-12)10-2-4-11-5-3-10/h10H,2-9H2,1H3. The quantitative estimate of drug-likeness (QED) is 0.552. The van der Waals surface area contributed by atoms with Gasteiger partial charge in [-0.25, -0.2) is 0 Å². The van der Waals surface area contributed by atoms with Crippen LogP contribution >= 0.6 is 0 Å². The Morgan fingerprint density at radius 1 is 1.00 bits per heavy atom. The fourth-order valence-electron chi connectivity index (χ4n) is 2.46. The molecule has 0 aliphatic carbocycles. The second-order valence-electron chi connectivity index (χ2n) is 4.44. The van der Waals surface area contributed by atoms with Crippen molar-refractivity contribution in [2.75, 3.05) is 33.2 Å². The van der Waals surface area contributed by atoms with Crippen LogP contribution in [0.4, 0.5) is 0 Å². The monoisotopic (exact) mass is 179 g/mol. The van der Waals surface area contributed by atoms with Crippen molar-refractivity contribution < 1.29 is 0 Å². The van der Waals surface area contributed by atoms with Crippen LogP contribution in [0.25, 0.3) is 0 Å². The first kappa shape index (κ1) is 9.54. The van der Waals surface area contributed by atoms with Crippen molar-refractivity contribution >= 4 is 7.28 Å². The molecule has 0 atom stereocenters. The number of likely N-dealkylation sites (N-methyl/N-ethyl adjacent to an activating group) is 1. The van der Waals surface area contributed by atoms with Crippen molar-refractivity contribution in [3.05, 3.63) is 0 Å². The minimum Gasteiger partial charge on any atom is -0.304 e. The molecule has 2 nitrogen and oxygen atoms in total. The van der Waals surface area contributed by atoms with Gasteiger partial charge in [0.15, 0.2) is 0 Å². The maximum atomic E-state index is 2.70. The molecule has 0 unspecified atom stereocenters. The highest BCUT2D eigenvalue weighted by molar-refractivity contribution is 6.35. The van der Waals surface area contributed by atoms with Gasteiger partial charge in [0, 0.05) is 32.2 Å². The van der Waals surface area contributed by atoms with Crippen LogP contribution in [0.3, 0.4) is 0 Å². The van der Waals surface area contributed by atoms with Gasteiger partial charge in [0.2, 0.25) is 0 Å². The van der Waals surface area contributed by atoms with Gasteiger partial charge in [-0.3, -0.25) is 4.90 Å². The first-order valence-corrected chi connectivity index (χ1v) is 5.60. The lowest BCUT2D eigenvalue weighted by atomic mass is 9.63. The summed E-state index contributed by atoms with van der Waals surface area (Å²) in [4.78, 5) is 5.14. The Labute approximate surface area is 82.5 Å². The molecule has 0 saturated carbocycles. The third-order valence-corrected chi connectivity index (χ3v) is 3.46. The SMILES string of the molecule is CN1CCN(C2CC[B]CC2)CC1. The summed E-state index contributed by atoms with van der Waals surface area (Å²) in [6, 6.07) is 0.902. The summed E-state index contributed by atoms with van der Waals surface area (Å²) in [5, 5.41) is 0. The molecule has 0 amide bonds. The van der Waals surface area contributed by atoms with Crippen LogP contribution < -0.4 is 0 Å². The summed E-state index contributed by atoms with van der Waals surface area (Å²) in [7, 11) is 4.68. The van der Waals surface area contributed by atoms with E-state index in [1.165, 1.54) is 51.7 Å². The Hall–Kier alpha value is -0.0151. The van der Waals surface area contributed by atoms with Crippen LogP contribution in [-0.4, -0.2) is 56.3 Å². The third kappa shape index (κ3) is 2.47. The van der Waals surface area contributed by atoms with Crippen LogP contribution in [0.5, 0.6) is 0 Å². The van der Waals surface area contributed by atoms with Crippen LogP contribution in [-0.2, 0) is 0 Å². The van der Waals surface area contributed by atoms with E-state index in [0.717, 1.165) is 6.04 Å². The molecule has 73 valence electrons. The predicted molar refractivity (Wildman–Crippen MR) is 57.5 cm³/mol. The lowest BCUT2D eigenvalue weighted by Crippen LogP contribution is -2.49. The zero-order valence-corrected chi connectivity index (χ0v) is 8.71. The van der Waals surface area contributed by atoms with Gasteiger partial charge in [-0.2, -0.15) is 0 Å². The molecule has 2 saturated heterocycles. The molecule has 0 N–H and O–H groups in total. The molecule has 13 heavy (non-hydrogen) atoms. The average Bonchev–Trinajstić information content (AvgIpc) is 2.20. The van der Waals surface area contributed by atoms with Gasteiger partial charge in [0.1, 0.15) is 7.28 Å². The average molecular weight is 179 g/mol. The molecule has 2 aliphatic rings. The molecular formula is C10H20BN2. The zero-order chi connectivity index (χ0) is 9.10. The van der Waals surface area contributed by atoms with E-state index in [0.29, 0.717) is 0 Å². The number of hydrogen-bond donors (Lipinski definition) is 0. The van der Waals surface area contributed by atoms with Crippen LogP contribution in [0.2, 0.25) is 12.6 Å². The van der Waals surface area contributed by atoms with Gasteiger partial charge in [-0.05, 0) is 19.9 Å². The summed E-state index contributed by atoms with van der Waals surface area (Å²) >= 11 is 0. The summed E-state index contributed by atoms with van der Waals surface area (Å²) in [5.74, 6) is 0. The van der Waals surface area contributed by atoms with Gasteiger partial charge in [0.25, 0.3) is 0 Å². The largest absolute Gasteiger partial charge is 0.304 e. The van der Waals surface area contributed by atoms with Gasteiger partial charge in [-0.15, -0.1) is 0 Å². The van der Waals surface area contributed by atoms with Crippen molar-refractivity contribution in [3.8, 4) is 0 Å². The molecule has 2 aliphatic heterocycles. The Balaban J connectivity index is 1.79. The Bertz CT molecular complexity index is 149. The first-order valence-electron chi connectivity index (χ1n) is 5.60. The van der Waals surface area contributed by atoms with E-state index in [2.05, 4.69) is 24.1 Å². The van der Waals surface area contributed by atoms with E-state index in [9.17, 15) is 0 Å². The second-order valence-corrected chi connectivity index (χ2v) is 4.44. The molecule has 0 aromatic carbocycles. The van der Waals surface area contributed by atoms with Crippen LogP contribution in [0, 0.1) is 0 Å². The predicted octanol–water partition coefficient (Wildman–Crippen LogP) is 0.937. The molecule has 2 fully saturated rings. The van der Waals surface area contributed by atoms with E-state index in [1.807, 2.05) is 0 Å². The highest BCUT2D eigenvalue weighted by Crippen LogP contribution is 2.20. The Kier molecular flexibility index (Phi) is 3.28. The van der Waals surface area contributed by atoms with Gasteiger partial charge in [-0.1, -0.05) is 12.6 Å². The molecule has 2 rings (SSSR count). The molecule has 0 aromatic rings. The van der Waals surface area contributed by atoms with Gasteiger partial charge >= 0.3 is 0 Å². The van der Waals surface area contributed by atoms with Crippen molar-refractivity contribution in [1.82, 2.24) is 9.80 Å². The molecule has 0 bridgehead atoms. The van der Waals surface area contributed by atoms with Gasteiger partial charge < -0.3 is 4.90 Å². The molecule has 0 aromatic heterocycles. The smallest absolute Gasteiger partial charge is 0.109 e. The highest BCUT2D eigenvalue weighted by Gasteiger charge is 2.23. The van der Waals surface area contributed by atoms with E-state index in [4.69, 9.17) is 0 Å². The van der Waals surface area contributed by atoms with Crippen LogP contribution in [0.15, 0.2) is 0 Å². The number of hydrogen-bond acceptors (Lipinski definition) is 2. The van der Waals surface area contributed by atoms with Crippen molar-refractivity contribution in [2.24, 2.45) is 0 Å². The minimum absolute atomic E-state index is 0.902. The Morgan fingerprint density at radius 3 is 2.23 bits per heavy atom. The molecule has 0 spiro atoms. The van der Waals surface area contributed by atoms with Gasteiger partial charge in [0.05, 0.1) is 0 Å². The molecule has 2 heterocycles. The summed E-state index contributed by atoms with van der Waals surface area (Å²) in [6.07, 6.45) is 5.50. The summed E-state index contributed by atoms with van der Waals surface area (Å²) in [5.41, 5.74) is 0. The number of nitrogens with zero attached hydrogens (tertiary/aromatic N) is 2. The fraction of sp³-hybridized carbons (Fsp3) is 1.00. The maximum absolute atomic E-state index is 2.70. The number of piperazine rings is 1. The molecular weight excluding hydrogens is 159 g/mol. The van der Waals surface area contributed by atoms with Crippen molar-refractivity contribution in [3.63, 3.8) is 0 Å². The summed E-state index contributed by atoms with van der Waals surface area (Å²) in [6.45, 7) is 5.11. The third-order valence-electron chi connectivity index (χ3n) is 3.46. The van der Waals surface area contributed by atoms with Crippen molar-refractivity contribution in [2.45, 2.75) is 31.5 Å². The van der Waals surface area contributed by atoms with E-state index < -0.39 is 0 Å². The fourth-order valence-corrected chi connectivity index (χ4v) is 2.46. The second kappa shape index (κ2) is 4.47. The van der Waals surface area contributed by atoms with E-state index in [1.54, 1.807) is 0 Å². The molecule has 1 radical (unpaired) electrons. The molecule has 3 heteroatoms. The maximum Gasteiger partial charge on any atom is 0.109 e. The minimum atomic E-state index is 0.902.